The van der Waals surface area contributed by atoms with Crippen LogP contribution >= 0.6 is 0 Å². The van der Waals surface area contributed by atoms with Crippen molar-refractivity contribution in [1.29, 1.82) is 0 Å². The first kappa shape index (κ1) is 23.0. The number of phenolic OH excluding ortho intramolecular Hbond substituents is 1. The van der Waals surface area contributed by atoms with Gasteiger partial charge in [0.15, 0.2) is 0 Å². The molecule has 1 heterocycles. The van der Waals surface area contributed by atoms with Gasteiger partial charge in [0, 0.05) is 18.3 Å². The van der Waals surface area contributed by atoms with Crippen LogP contribution in [0.2, 0.25) is 0 Å². The van der Waals surface area contributed by atoms with Crippen LogP contribution in [0.15, 0.2) is 48.3 Å². The highest BCUT2D eigenvalue weighted by molar-refractivity contribution is 5.92. The Balaban J connectivity index is 1.78. The van der Waals surface area contributed by atoms with Crippen molar-refractivity contribution in [3.8, 4) is 5.75 Å². The van der Waals surface area contributed by atoms with E-state index in [1.165, 1.54) is 12.1 Å². The summed E-state index contributed by atoms with van der Waals surface area (Å²) in [6.07, 6.45) is 7.62. The molecule has 9 heteroatoms. The third-order valence-electron chi connectivity index (χ3n) is 4.78. The minimum Gasteiger partial charge on any atom is -0.508 e. The highest BCUT2D eigenvalue weighted by Crippen LogP contribution is 2.14. The fourth-order valence-corrected chi connectivity index (χ4v) is 3.07. The fraction of sp³-hybridized carbons (Fsp3) is 0.381. The van der Waals surface area contributed by atoms with E-state index < -0.39 is 29.9 Å². The zero-order valence-corrected chi connectivity index (χ0v) is 16.7. The lowest BCUT2D eigenvalue weighted by molar-refractivity contribution is -0.142. The number of nitrogens with two attached hydrogens (primary N) is 2. The van der Waals surface area contributed by atoms with Gasteiger partial charge in [-0.25, -0.2) is 4.79 Å². The number of hydrogen-bond donors (Lipinski definition) is 5. The summed E-state index contributed by atoms with van der Waals surface area (Å²) in [5.74, 6) is -2.00. The van der Waals surface area contributed by atoms with Crippen molar-refractivity contribution in [3.63, 3.8) is 0 Å². The topological polar surface area (TPSA) is 159 Å². The molecule has 0 fully saturated rings. The second-order valence-electron chi connectivity index (χ2n) is 7.22. The molecule has 9 nitrogen and oxygen atoms in total. The maximum Gasteiger partial charge on any atom is 0.326 e. The molecule has 0 aliphatic carbocycles. The Kier molecular flexibility index (Phi) is 8.42. The Morgan fingerprint density at radius 3 is 2.50 bits per heavy atom. The predicted molar refractivity (Wildman–Crippen MR) is 111 cm³/mol. The molecule has 0 saturated carbocycles. The SMILES string of the molecule is NC(=O)C1=CN(CCCC[C@H](NC(=O)[C@@H](N)Cc2ccc(O)cc2)C(=O)O)C=CC1. The van der Waals surface area contributed by atoms with E-state index >= 15 is 0 Å². The zero-order valence-electron chi connectivity index (χ0n) is 16.7. The molecule has 2 amide bonds. The third kappa shape index (κ3) is 7.25. The van der Waals surface area contributed by atoms with Gasteiger partial charge in [0.25, 0.3) is 0 Å². The average molecular weight is 416 g/mol. The lowest BCUT2D eigenvalue weighted by Crippen LogP contribution is -2.49. The zero-order chi connectivity index (χ0) is 22.1. The summed E-state index contributed by atoms with van der Waals surface area (Å²) in [7, 11) is 0. The lowest BCUT2D eigenvalue weighted by Gasteiger charge is -2.21. The van der Waals surface area contributed by atoms with Gasteiger partial charge in [0.2, 0.25) is 11.8 Å². The van der Waals surface area contributed by atoms with Crippen molar-refractivity contribution in [2.45, 2.75) is 44.2 Å². The van der Waals surface area contributed by atoms with Crippen LogP contribution < -0.4 is 16.8 Å². The van der Waals surface area contributed by atoms with Crippen molar-refractivity contribution in [2.75, 3.05) is 6.54 Å². The van der Waals surface area contributed by atoms with Crippen LogP contribution in [0.5, 0.6) is 5.75 Å². The molecule has 2 rings (SSSR count). The Labute approximate surface area is 175 Å². The average Bonchev–Trinajstić information content (AvgIpc) is 2.71. The molecule has 0 spiro atoms. The number of aliphatic carboxylic acids is 1. The van der Waals surface area contributed by atoms with E-state index in [0.717, 1.165) is 5.56 Å². The first-order valence-corrected chi connectivity index (χ1v) is 9.76. The summed E-state index contributed by atoms with van der Waals surface area (Å²) in [4.78, 5) is 36.9. The number of amides is 2. The van der Waals surface area contributed by atoms with Crippen LogP contribution in [0.4, 0.5) is 0 Å². The molecule has 1 aliphatic rings. The number of carbonyl (C=O) groups excluding carboxylic acids is 2. The number of allylic oxidation sites excluding steroid dienone is 1. The number of carboxylic acids is 1. The van der Waals surface area contributed by atoms with Gasteiger partial charge < -0.3 is 31.9 Å². The highest BCUT2D eigenvalue weighted by Gasteiger charge is 2.23. The molecule has 1 aromatic rings. The van der Waals surface area contributed by atoms with Gasteiger partial charge in [-0.05, 0) is 56.0 Å². The molecule has 0 bridgehead atoms. The number of benzene rings is 1. The van der Waals surface area contributed by atoms with E-state index in [1.807, 2.05) is 17.2 Å². The van der Waals surface area contributed by atoms with E-state index in [9.17, 15) is 24.6 Å². The number of phenols is 1. The van der Waals surface area contributed by atoms with Crippen LogP contribution in [-0.4, -0.2) is 51.5 Å². The van der Waals surface area contributed by atoms with Crippen molar-refractivity contribution in [3.05, 3.63) is 53.9 Å². The molecule has 0 aromatic heterocycles. The van der Waals surface area contributed by atoms with Gasteiger partial charge in [-0.1, -0.05) is 18.2 Å². The Bertz CT molecular complexity index is 819. The number of rotatable bonds is 11. The smallest absolute Gasteiger partial charge is 0.326 e. The van der Waals surface area contributed by atoms with Crippen molar-refractivity contribution in [2.24, 2.45) is 11.5 Å². The predicted octanol–water partition coefficient (Wildman–Crippen LogP) is 0.590. The lowest BCUT2D eigenvalue weighted by atomic mass is 10.0. The van der Waals surface area contributed by atoms with Gasteiger partial charge >= 0.3 is 5.97 Å². The van der Waals surface area contributed by atoms with Gasteiger partial charge in [-0.2, -0.15) is 0 Å². The highest BCUT2D eigenvalue weighted by atomic mass is 16.4. The first-order chi connectivity index (χ1) is 14.3. The Hall–Kier alpha value is -3.33. The van der Waals surface area contributed by atoms with Crippen LogP contribution in [0.25, 0.3) is 0 Å². The summed E-state index contributed by atoms with van der Waals surface area (Å²) in [6, 6.07) is 4.39. The summed E-state index contributed by atoms with van der Waals surface area (Å²) >= 11 is 0. The Morgan fingerprint density at radius 1 is 1.17 bits per heavy atom. The van der Waals surface area contributed by atoms with Crippen LogP contribution in [-0.2, 0) is 20.8 Å². The quantitative estimate of drug-likeness (QED) is 0.330. The number of primary amides is 1. The van der Waals surface area contributed by atoms with Gasteiger partial charge in [0.05, 0.1) is 6.04 Å². The van der Waals surface area contributed by atoms with E-state index in [-0.39, 0.29) is 18.6 Å². The maximum absolute atomic E-state index is 12.3. The van der Waals surface area contributed by atoms with E-state index in [4.69, 9.17) is 11.5 Å². The summed E-state index contributed by atoms with van der Waals surface area (Å²) < 4.78 is 0. The van der Waals surface area contributed by atoms with Crippen molar-refractivity contribution < 1.29 is 24.6 Å². The van der Waals surface area contributed by atoms with E-state index in [0.29, 0.717) is 31.4 Å². The molecule has 0 radical (unpaired) electrons. The number of carboxylic acid groups (broad SMARTS) is 1. The standard InChI is InChI=1S/C21H28N4O5/c22-17(12-14-6-8-16(26)9-7-14)20(28)24-18(21(29)30)5-1-2-10-25-11-3-4-15(13-25)19(23)27/h3,6-9,11,13,17-18,26H,1-2,4-5,10,12,22H2,(H2,23,27)(H,24,28)(H,29,30)/t17-,18-/m0/s1. The molecule has 162 valence electrons. The number of nitrogens with one attached hydrogen (secondary N) is 1. The number of hydrogen-bond acceptors (Lipinski definition) is 6. The largest absolute Gasteiger partial charge is 0.508 e. The van der Waals surface area contributed by atoms with E-state index in [2.05, 4.69) is 5.32 Å². The minimum atomic E-state index is -1.12. The monoisotopic (exact) mass is 416 g/mol. The summed E-state index contributed by atoms with van der Waals surface area (Å²) in [6.45, 7) is 0.605. The molecule has 1 aromatic carbocycles. The minimum absolute atomic E-state index is 0.115. The van der Waals surface area contributed by atoms with Gasteiger partial charge in [0.1, 0.15) is 11.8 Å². The van der Waals surface area contributed by atoms with Gasteiger partial charge in [-0.3, -0.25) is 9.59 Å². The van der Waals surface area contributed by atoms with E-state index in [1.54, 1.807) is 18.3 Å². The molecule has 1 aliphatic heterocycles. The third-order valence-corrected chi connectivity index (χ3v) is 4.78. The number of aromatic hydroxyl groups is 1. The number of nitrogens with zero attached hydrogens (tertiary/aromatic N) is 1. The fourth-order valence-electron chi connectivity index (χ4n) is 3.07. The first-order valence-electron chi connectivity index (χ1n) is 9.76. The van der Waals surface area contributed by atoms with Crippen molar-refractivity contribution in [1.82, 2.24) is 10.2 Å². The summed E-state index contributed by atoms with van der Waals surface area (Å²) in [5.41, 5.74) is 12.5. The molecule has 0 saturated heterocycles. The second-order valence-corrected chi connectivity index (χ2v) is 7.22. The number of carbonyl (C=O) groups is 3. The maximum atomic E-state index is 12.3. The molecular weight excluding hydrogens is 388 g/mol. The number of unbranched alkanes of at least 4 members (excludes halogenated alkanes) is 1. The molecular formula is C21H28N4O5. The van der Waals surface area contributed by atoms with Crippen LogP contribution in [0, 0.1) is 0 Å². The van der Waals surface area contributed by atoms with Crippen LogP contribution in [0.1, 0.15) is 31.2 Å². The molecule has 7 N–H and O–H groups in total. The van der Waals surface area contributed by atoms with Gasteiger partial charge in [-0.15, -0.1) is 0 Å². The summed E-state index contributed by atoms with van der Waals surface area (Å²) in [5, 5.41) is 21.2. The van der Waals surface area contributed by atoms with Crippen LogP contribution in [0.3, 0.4) is 0 Å². The molecule has 2 atom stereocenters. The normalized spacial score (nSPS) is 15.2. The molecule has 0 unspecified atom stereocenters. The van der Waals surface area contributed by atoms with Crippen molar-refractivity contribution >= 4 is 17.8 Å². The molecule has 30 heavy (non-hydrogen) atoms. The second kappa shape index (κ2) is 11.0. The Morgan fingerprint density at radius 2 is 1.87 bits per heavy atom.